The highest BCUT2D eigenvalue weighted by atomic mass is 16.5. The van der Waals surface area contributed by atoms with Crippen LogP contribution >= 0.6 is 0 Å². The molecule has 9 heteroatoms. The summed E-state index contributed by atoms with van der Waals surface area (Å²) in [6.07, 6.45) is -0.629. The number of nitrogens with one attached hydrogen (secondary N) is 2. The van der Waals surface area contributed by atoms with Crippen molar-refractivity contribution in [3.05, 3.63) is 0 Å². The second-order valence-electron chi connectivity index (χ2n) is 4.71. The Morgan fingerprint density at radius 1 is 1.38 bits per heavy atom. The van der Waals surface area contributed by atoms with Crippen molar-refractivity contribution >= 4 is 18.1 Å². The van der Waals surface area contributed by atoms with Crippen LogP contribution in [0.1, 0.15) is 12.8 Å². The van der Waals surface area contributed by atoms with E-state index >= 15 is 0 Å². The SMILES string of the molecule is COC(=O)NC1CCN(C(=O)NCC(CC(=O)O)OC)C1. The Labute approximate surface area is 122 Å². The number of methoxy groups -OCH3 is 2. The van der Waals surface area contributed by atoms with Gasteiger partial charge in [-0.1, -0.05) is 0 Å². The second-order valence-corrected chi connectivity index (χ2v) is 4.71. The first-order valence-corrected chi connectivity index (χ1v) is 6.58. The van der Waals surface area contributed by atoms with Crippen LogP contribution in [0.4, 0.5) is 9.59 Å². The summed E-state index contributed by atoms with van der Waals surface area (Å²) in [6.45, 7) is 1.02. The predicted octanol–water partition coefficient (Wildman–Crippen LogP) is -0.384. The van der Waals surface area contributed by atoms with E-state index in [1.165, 1.54) is 14.2 Å². The standard InChI is InChI=1S/C12H21N3O6/c1-20-9(5-10(16)17)6-13-11(18)15-4-3-8(7-15)14-12(19)21-2/h8-9H,3-7H2,1-2H3,(H,13,18)(H,14,19)(H,16,17). The third-order valence-corrected chi connectivity index (χ3v) is 3.20. The zero-order valence-electron chi connectivity index (χ0n) is 12.1. The number of carboxylic acids is 1. The van der Waals surface area contributed by atoms with E-state index in [0.29, 0.717) is 19.5 Å². The lowest BCUT2D eigenvalue weighted by Crippen LogP contribution is -2.44. The monoisotopic (exact) mass is 303 g/mol. The molecule has 120 valence electrons. The van der Waals surface area contributed by atoms with Gasteiger partial charge in [0.05, 0.1) is 25.7 Å². The van der Waals surface area contributed by atoms with E-state index in [2.05, 4.69) is 15.4 Å². The number of rotatable bonds is 6. The van der Waals surface area contributed by atoms with Crippen LogP contribution in [0.3, 0.4) is 0 Å². The molecule has 1 rings (SSSR count). The molecule has 1 heterocycles. The van der Waals surface area contributed by atoms with Gasteiger partial charge in [0.15, 0.2) is 0 Å². The summed E-state index contributed by atoms with van der Waals surface area (Å²) < 4.78 is 9.47. The number of carbonyl (C=O) groups is 3. The lowest BCUT2D eigenvalue weighted by Gasteiger charge is -2.20. The third-order valence-electron chi connectivity index (χ3n) is 3.20. The number of likely N-dealkylation sites (tertiary alicyclic amines) is 1. The number of nitrogens with zero attached hydrogens (tertiary/aromatic N) is 1. The molecular formula is C12H21N3O6. The zero-order chi connectivity index (χ0) is 15.8. The first kappa shape index (κ1) is 17.0. The van der Waals surface area contributed by atoms with Gasteiger partial charge >= 0.3 is 18.1 Å². The summed E-state index contributed by atoms with van der Waals surface area (Å²) in [7, 11) is 2.67. The fraction of sp³-hybridized carbons (Fsp3) is 0.750. The van der Waals surface area contributed by atoms with Crippen LogP contribution in [0.5, 0.6) is 0 Å². The molecule has 3 amide bonds. The van der Waals surface area contributed by atoms with Crippen LogP contribution < -0.4 is 10.6 Å². The van der Waals surface area contributed by atoms with E-state index < -0.39 is 18.2 Å². The first-order valence-electron chi connectivity index (χ1n) is 6.58. The number of hydrogen-bond acceptors (Lipinski definition) is 5. The molecule has 0 aromatic rings. The number of carboxylic acid groups (broad SMARTS) is 1. The number of amides is 3. The van der Waals surface area contributed by atoms with E-state index in [1.807, 2.05) is 0 Å². The van der Waals surface area contributed by atoms with Gasteiger partial charge in [0.1, 0.15) is 0 Å². The number of urea groups is 1. The summed E-state index contributed by atoms with van der Waals surface area (Å²) in [5.74, 6) is -0.986. The van der Waals surface area contributed by atoms with Crippen LogP contribution in [0.15, 0.2) is 0 Å². The lowest BCUT2D eigenvalue weighted by molar-refractivity contribution is -0.139. The van der Waals surface area contributed by atoms with Crippen molar-refractivity contribution in [2.45, 2.75) is 25.0 Å². The highest BCUT2D eigenvalue weighted by Crippen LogP contribution is 2.09. The van der Waals surface area contributed by atoms with Crippen molar-refractivity contribution in [2.75, 3.05) is 33.9 Å². The Kier molecular flexibility index (Phi) is 6.73. The Morgan fingerprint density at radius 2 is 2.10 bits per heavy atom. The normalized spacial score (nSPS) is 19.0. The zero-order valence-corrected chi connectivity index (χ0v) is 12.1. The lowest BCUT2D eigenvalue weighted by atomic mass is 10.2. The molecule has 1 fully saturated rings. The Hall–Kier alpha value is -2.03. The number of hydrogen-bond donors (Lipinski definition) is 3. The minimum atomic E-state index is -0.986. The van der Waals surface area contributed by atoms with E-state index in [0.717, 1.165) is 0 Å². The van der Waals surface area contributed by atoms with Gasteiger partial charge in [-0.2, -0.15) is 0 Å². The van der Waals surface area contributed by atoms with Crippen molar-refractivity contribution in [2.24, 2.45) is 0 Å². The molecule has 2 unspecified atom stereocenters. The van der Waals surface area contributed by atoms with E-state index in [-0.39, 0.29) is 25.0 Å². The van der Waals surface area contributed by atoms with Crippen molar-refractivity contribution in [3.63, 3.8) is 0 Å². The van der Waals surface area contributed by atoms with Gasteiger partial charge in [-0.25, -0.2) is 9.59 Å². The van der Waals surface area contributed by atoms with Crippen LogP contribution in [0.2, 0.25) is 0 Å². The molecule has 1 aliphatic heterocycles. The first-order chi connectivity index (χ1) is 9.96. The fourth-order valence-corrected chi connectivity index (χ4v) is 2.03. The van der Waals surface area contributed by atoms with Crippen LogP contribution in [-0.4, -0.2) is 74.1 Å². The number of ether oxygens (including phenoxy) is 2. The van der Waals surface area contributed by atoms with E-state index in [1.54, 1.807) is 4.90 Å². The molecule has 21 heavy (non-hydrogen) atoms. The molecule has 0 aromatic carbocycles. The molecule has 0 spiro atoms. The maximum atomic E-state index is 11.9. The van der Waals surface area contributed by atoms with Gasteiger partial charge in [-0.3, -0.25) is 4.79 Å². The molecule has 0 radical (unpaired) electrons. The van der Waals surface area contributed by atoms with Crippen LogP contribution in [-0.2, 0) is 14.3 Å². The third kappa shape index (κ3) is 5.86. The van der Waals surface area contributed by atoms with Crippen molar-refractivity contribution in [1.29, 1.82) is 0 Å². The Morgan fingerprint density at radius 3 is 2.67 bits per heavy atom. The molecular weight excluding hydrogens is 282 g/mol. The Bertz CT molecular complexity index is 389. The molecule has 2 atom stereocenters. The molecule has 1 saturated heterocycles. The summed E-state index contributed by atoms with van der Waals surface area (Å²) in [6, 6.07) is -0.447. The molecule has 9 nitrogen and oxygen atoms in total. The molecule has 3 N–H and O–H groups in total. The highest BCUT2D eigenvalue weighted by Gasteiger charge is 2.27. The smallest absolute Gasteiger partial charge is 0.407 e. The van der Waals surface area contributed by atoms with Gasteiger partial charge < -0.3 is 30.1 Å². The molecule has 0 saturated carbocycles. The van der Waals surface area contributed by atoms with Gasteiger partial charge in [0.2, 0.25) is 0 Å². The van der Waals surface area contributed by atoms with Gasteiger partial charge in [-0.15, -0.1) is 0 Å². The summed E-state index contributed by atoms with van der Waals surface area (Å²) in [5, 5.41) is 13.9. The number of alkyl carbamates (subject to hydrolysis) is 1. The average molecular weight is 303 g/mol. The summed E-state index contributed by atoms with van der Waals surface area (Å²) in [5.41, 5.74) is 0. The van der Waals surface area contributed by atoms with Crippen LogP contribution in [0.25, 0.3) is 0 Å². The summed E-state index contributed by atoms with van der Waals surface area (Å²) >= 11 is 0. The van der Waals surface area contributed by atoms with E-state index in [4.69, 9.17) is 9.84 Å². The van der Waals surface area contributed by atoms with Gasteiger partial charge in [0.25, 0.3) is 0 Å². The van der Waals surface area contributed by atoms with Crippen molar-refractivity contribution in [3.8, 4) is 0 Å². The van der Waals surface area contributed by atoms with Crippen LogP contribution in [0, 0.1) is 0 Å². The maximum Gasteiger partial charge on any atom is 0.407 e. The minimum Gasteiger partial charge on any atom is -0.481 e. The van der Waals surface area contributed by atoms with Gasteiger partial charge in [0, 0.05) is 26.7 Å². The maximum absolute atomic E-state index is 11.9. The summed E-state index contributed by atoms with van der Waals surface area (Å²) in [4.78, 5) is 35.1. The molecule has 0 aromatic heterocycles. The van der Waals surface area contributed by atoms with Gasteiger partial charge in [-0.05, 0) is 6.42 Å². The largest absolute Gasteiger partial charge is 0.481 e. The van der Waals surface area contributed by atoms with Crippen molar-refractivity contribution < 1.29 is 29.0 Å². The highest BCUT2D eigenvalue weighted by molar-refractivity contribution is 5.75. The predicted molar refractivity (Wildman–Crippen MR) is 72.0 cm³/mol. The molecule has 0 aliphatic carbocycles. The minimum absolute atomic E-state index is 0.118. The second kappa shape index (κ2) is 8.30. The number of aliphatic carboxylic acids is 1. The average Bonchev–Trinajstić information content (AvgIpc) is 2.90. The topological polar surface area (TPSA) is 117 Å². The Balaban J connectivity index is 2.33. The fourth-order valence-electron chi connectivity index (χ4n) is 2.03. The quantitative estimate of drug-likeness (QED) is 0.615. The van der Waals surface area contributed by atoms with Crippen molar-refractivity contribution in [1.82, 2.24) is 15.5 Å². The molecule has 0 bridgehead atoms. The number of carbonyl (C=O) groups excluding carboxylic acids is 2. The van der Waals surface area contributed by atoms with E-state index in [9.17, 15) is 14.4 Å². The molecule has 1 aliphatic rings.